The van der Waals surface area contributed by atoms with Crippen molar-refractivity contribution < 1.29 is 14.3 Å². The second-order valence-corrected chi connectivity index (χ2v) is 8.41. The lowest BCUT2D eigenvalue weighted by atomic mass is 9.95. The maximum absolute atomic E-state index is 13.1. The Balaban J connectivity index is 1.82. The topological polar surface area (TPSA) is 58.6 Å². The van der Waals surface area contributed by atoms with E-state index in [0.717, 1.165) is 36.2 Å². The normalized spacial score (nSPS) is 17.5. The molecule has 1 aliphatic carbocycles. The van der Waals surface area contributed by atoms with Crippen molar-refractivity contribution in [1.29, 1.82) is 0 Å². The Labute approximate surface area is 153 Å². The molecule has 2 heterocycles. The number of hydrogen-bond acceptors (Lipinski definition) is 4. The zero-order valence-corrected chi connectivity index (χ0v) is 16.0. The number of aryl methyl sites for hydroxylation is 1. The number of anilines is 1. The van der Waals surface area contributed by atoms with Gasteiger partial charge in [0.05, 0.1) is 18.8 Å². The third-order valence-electron chi connectivity index (χ3n) is 4.89. The molecule has 0 saturated carbocycles. The van der Waals surface area contributed by atoms with Gasteiger partial charge in [0.15, 0.2) is 0 Å². The van der Waals surface area contributed by atoms with Crippen molar-refractivity contribution in [1.82, 2.24) is 4.90 Å². The Hall–Kier alpha value is -1.40. The first-order valence-electron chi connectivity index (χ1n) is 9.37. The van der Waals surface area contributed by atoms with E-state index < -0.39 is 0 Å². The number of hydrogen-bond donors (Lipinski definition) is 1. The fourth-order valence-electron chi connectivity index (χ4n) is 3.41. The Kier molecular flexibility index (Phi) is 6.12. The average molecular weight is 365 g/mol. The average Bonchev–Trinajstić information content (AvgIpc) is 2.97. The quantitative estimate of drug-likeness (QED) is 0.870. The molecule has 0 aromatic carbocycles. The summed E-state index contributed by atoms with van der Waals surface area (Å²) in [5.74, 6) is 0.571. The molecule has 138 valence electrons. The molecule has 3 rings (SSSR count). The molecule has 0 radical (unpaired) electrons. The lowest BCUT2D eigenvalue weighted by Crippen LogP contribution is -2.41. The number of amides is 2. The van der Waals surface area contributed by atoms with Gasteiger partial charge in [-0.25, -0.2) is 0 Å². The largest absolute Gasteiger partial charge is 0.378 e. The van der Waals surface area contributed by atoms with E-state index in [9.17, 15) is 9.59 Å². The van der Waals surface area contributed by atoms with Crippen molar-refractivity contribution in [3.8, 4) is 0 Å². The second-order valence-electron chi connectivity index (χ2n) is 7.30. The first-order chi connectivity index (χ1) is 12.1. The van der Waals surface area contributed by atoms with Crippen LogP contribution in [0, 0.1) is 5.92 Å². The predicted octanol–water partition coefficient (Wildman–Crippen LogP) is 3.47. The lowest BCUT2D eigenvalue weighted by molar-refractivity contribution is -0.116. The van der Waals surface area contributed by atoms with Crippen LogP contribution in [0.25, 0.3) is 0 Å². The van der Waals surface area contributed by atoms with Crippen LogP contribution in [-0.2, 0) is 22.4 Å². The molecule has 25 heavy (non-hydrogen) atoms. The third-order valence-corrected chi connectivity index (χ3v) is 6.09. The summed E-state index contributed by atoms with van der Waals surface area (Å²) < 4.78 is 5.37. The van der Waals surface area contributed by atoms with Gasteiger partial charge >= 0.3 is 0 Å². The summed E-state index contributed by atoms with van der Waals surface area (Å²) in [5, 5.41) is 3.81. The fraction of sp³-hybridized carbons (Fsp3) is 0.684. The van der Waals surface area contributed by atoms with Crippen LogP contribution >= 0.6 is 11.3 Å². The van der Waals surface area contributed by atoms with Crippen molar-refractivity contribution in [2.24, 2.45) is 5.92 Å². The highest BCUT2D eigenvalue weighted by Crippen LogP contribution is 2.39. The Morgan fingerprint density at radius 2 is 1.92 bits per heavy atom. The second kappa shape index (κ2) is 8.32. The minimum Gasteiger partial charge on any atom is -0.378 e. The molecule has 5 nitrogen and oxygen atoms in total. The van der Waals surface area contributed by atoms with Crippen molar-refractivity contribution in [3.63, 3.8) is 0 Å². The number of nitrogens with one attached hydrogen (secondary N) is 1. The van der Waals surface area contributed by atoms with Gasteiger partial charge in [-0.3, -0.25) is 9.59 Å². The Morgan fingerprint density at radius 3 is 2.64 bits per heavy atom. The number of carbonyl (C=O) groups excluding carboxylic acids is 2. The molecule has 6 heteroatoms. The number of nitrogens with zero attached hydrogens (tertiary/aromatic N) is 1. The van der Waals surface area contributed by atoms with E-state index in [1.54, 1.807) is 11.3 Å². The lowest BCUT2D eigenvalue weighted by Gasteiger charge is -2.27. The number of thiophene rings is 1. The van der Waals surface area contributed by atoms with Crippen molar-refractivity contribution in [2.45, 2.75) is 52.4 Å². The van der Waals surface area contributed by atoms with Crippen molar-refractivity contribution >= 4 is 28.2 Å². The van der Waals surface area contributed by atoms with Gasteiger partial charge in [0.25, 0.3) is 5.91 Å². The molecule has 1 aromatic rings. The summed E-state index contributed by atoms with van der Waals surface area (Å²) >= 11 is 1.61. The van der Waals surface area contributed by atoms with E-state index >= 15 is 0 Å². The summed E-state index contributed by atoms with van der Waals surface area (Å²) in [6, 6.07) is 0. The van der Waals surface area contributed by atoms with Crippen LogP contribution in [0.1, 0.15) is 60.3 Å². The summed E-state index contributed by atoms with van der Waals surface area (Å²) in [6.07, 6.45) is 5.62. The minimum absolute atomic E-state index is 0.0170. The molecular formula is C19H28N2O3S. The van der Waals surface area contributed by atoms with Crippen LogP contribution < -0.4 is 5.32 Å². The van der Waals surface area contributed by atoms with Gasteiger partial charge in [-0.05, 0) is 43.6 Å². The van der Waals surface area contributed by atoms with Gasteiger partial charge in [-0.1, -0.05) is 13.8 Å². The van der Waals surface area contributed by atoms with Crippen LogP contribution in [0.5, 0.6) is 0 Å². The highest BCUT2D eigenvalue weighted by molar-refractivity contribution is 7.17. The predicted molar refractivity (Wildman–Crippen MR) is 100 cm³/mol. The number of fused-ring (bicyclic) bond motifs is 1. The summed E-state index contributed by atoms with van der Waals surface area (Å²) in [5.41, 5.74) is 1.92. The van der Waals surface area contributed by atoms with E-state index in [4.69, 9.17) is 4.74 Å². The molecule has 2 amide bonds. The highest BCUT2D eigenvalue weighted by atomic mass is 32.1. The minimum atomic E-state index is 0.0170. The molecule has 1 saturated heterocycles. The zero-order chi connectivity index (χ0) is 17.8. The van der Waals surface area contributed by atoms with Gasteiger partial charge in [-0.2, -0.15) is 0 Å². The first kappa shape index (κ1) is 18.4. The number of carbonyl (C=O) groups is 2. The standard InChI is InChI=1S/C19H28N2O3S/c1-13(2)7-8-16(22)20-18-17(14-5-3-4-6-15(14)25-18)19(23)21-9-11-24-12-10-21/h13H,3-12H2,1-2H3,(H,20,22). The van der Waals surface area contributed by atoms with Crippen LogP contribution in [0.4, 0.5) is 5.00 Å². The fourth-order valence-corrected chi connectivity index (χ4v) is 4.71. The third kappa shape index (κ3) is 4.42. The summed E-state index contributed by atoms with van der Waals surface area (Å²) in [7, 11) is 0. The maximum Gasteiger partial charge on any atom is 0.257 e. The van der Waals surface area contributed by atoms with Crippen LogP contribution in [-0.4, -0.2) is 43.0 Å². The SMILES string of the molecule is CC(C)CCC(=O)Nc1sc2c(c1C(=O)N1CCOCC1)CCCC2. The van der Waals surface area contributed by atoms with E-state index in [1.165, 1.54) is 16.9 Å². The smallest absolute Gasteiger partial charge is 0.257 e. The number of rotatable bonds is 5. The summed E-state index contributed by atoms with van der Waals surface area (Å²) in [4.78, 5) is 28.6. The molecule has 0 bridgehead atoms. The maximum atomic E-state index is 13.1. The molecule has 1 N–H and O–H groups in total. The highest BCUT2D eigenvalue weighted by Gasteiger charge is 2.29. The number of ether oxygens (including phenoxy) is 1. The van der Waals surface area contributed by atoms with Crippen molar-refractivity contribution in [3.05, 3.63) is 16.0 Å². The summed E-state index contributed by atoms with van der Waals surface area (Å²) in [6.45, 7) is 6.67. The van der Waals surface area contributed by atoms with E-state index in [-0.39, 0.29) is 11.8 Å². The Bertz CT molecular complexity index is 633. The van der Waals surface area contributed by atoms with Gasteiger partial charge in [0, 0.05) is 24.4 Å². The molecule has 0 spiro atoms. The monoisotopic (exact) mass is 364 g/mol. The molecule has 2 aliphatic rings. The molecule has 0 unspecified atom stereocenters. The van der Waals surface area contributed by atoms with E-state index in [0.29, 0.717) is 38.6 Å². The molecule has 1 fully saturated rings. The van der Waals surface area contributed by atoms with Crippen LogP contribution in [0.15, 0.2) is 0 Å². The van der Waals surface area contributed by atoms with Crippen LogP contribution in [0.3, 0.4) is 0 Å². The molecule has 1 aliphatic heterocycles. The molecular weight excluding hydrogens is 336 g/mol. The molecule has 1 aromatic heterocycles. The van der Waals surface area contributed by atoms with Gasteiger partial charge < -0.3 is 15.0 Å². The van der Waals surface area contributed by atoms with Crippen LogP contribution in [0.2, 0.25) is 0 Å². The van der Waals surface area contributed by atoms with Gasteiger partial charge in [0.2, 0.25) is 5.91 Å². The zero-order valence-electron chi connectivity index (χ0n) is 15.2. The van der Waals surface area contributed by atoms with Crippen molar-refractivity contribution in [2.75, 3.05) is 31.6 Å². The molecule has 0 atom stereocenters. The number of morpholine rings is 1. The van der Waals surface area contributed by atoms with Gasteiger partial charge in [-0.15, -0.1) is 11.3 Å². The Morgan fingerprint density at radius 1 is 1.20 bits per heavy atom. The van der Waals surface area contributed by atoms with E-state index in [2.05, 4.69) is 19.2 Å². The van der Waals surface area contributed by atoms with E-state index in [1.807, 2.05) is 4.90 Å². The van der Waals surface area contributed by atoms with Gasteiger partial charge in [0.1, 0.15) is 5.00 Å². The first-order valence-corrected chi connectivity index (χ1v) is 10.2.